The van der Waals surface area contributed by atoms with Crippen molar-refractivity contribution in [1.82, 2.24) is 4.90 Å². The Labute approximate surface area is 170 Å². The Kier molecular flexibility index (Phi) is 5.79. The van der Waals surface area contributed by atoms with E-state index in [0.29, 0.717) is 17.4 Å². The van der Waals surface area contributed by atoms with Gasteiger partial charge in [-0.1, -0.05) is 18.2 Å². The lowest BCUT2D eigenvalue weighted by molar-refractivity contribution is -0.385. The summed E-state index contributed by atoms with van der Waals surface area (Å²) in [7, 11) is 0. The number of benzene rings is 2. The summed E-state index contributed by atoms with van der Waals surface area (Å²) in [6.45, 7) is 3.42. The molecule has 3 rings (SSSR count). The highest BCUT2D eigenvalue weighted by molar-refractivity contribution is 8.18. The van der Waals surface area contributed by atoms with E-state index in [-0.39, 0.29) is 16.2 Å². The van der Waals surface area contributed by atoms with Gasteiger partial charge in [-0.25, -0.2) is 0 Å². The first-order valence-corrected chi connectivity index (χ1v) is 9.44. The topological polar surface area (TPSA) is 110 Å². The number of carbonyl (C=O) groups is 3. The molecule has 1 fully saturated rings. The zero-order valence-electron chi connectivity index (χ0n) is 15.7. The quantitative estimate of drug-likeness (QED) is 0.454. The fraction of sp³-hybridized carbons (Fsp3) is 0.150. The smallest absolute Gasteiger partial charge is 0.294 e. The maximum atomic E-state index is 12.6. The maximum Gasteiger partial charge on any atom is 0.294 e. The van der Waals surface area contributed by atoms with Crippen LogP contribution in [0.25, 0.3) is 6.08 Å². The Hall–Kier alpha value is -3.46. The molecular weight excluding hydrogens is 394 g/mol. The van der Waals surface area contributed by atoms with E-state index in [1.165, 1.54) is 24.3 Å². The average molecular weight is 411 g/mol. The van der Waals surface area contributed by atoms with E-state index in [0.717, 1.165) is 16.0 Å². The fourth-order valence-corrected chi connectivity index (χ4v) is 3.55. The van der Waals surface area contributed by atoms with Crippen molar-refractivity contribution < 1.29 is 19.3 Å². The molecule has 8 nitrogen and oxygen atoms in total. The van der Waals surface area contributed by atoms with Gasteiger partial charge in [0.15, 0.2) is 0 Å². The van der Waals surface area contributed by atoms with Crippen molar-refractivity contribution in [2.75, 3.05) is 11.9 Å². The molecule has 0 atom stereocenters. The summed E-state index contributed by atoms with van der Waals surface area (Å²) in [5.74, 6) is -1.17. The van der Waals surface area contributed by atoms with Crippen LogP contribution in [-0.4, -0.2) is 33.4 Å². The van der Waals surface area contributed by atoms with Gasteiger partial charge < -0.3 is 5.32 Å². The minimum atomic E-state index is -0.659. The number of hydrogen-bond donors (Lipinski definition) is 1. The summed E-state index contributed by atoms with van der Waals surface area (Å²) in [6.07, 6.45) is 1.30. The van der Waals surface area contributed by atoms with Crippen LogP contribution in [0.2, 0.25) is 0 Å². The van der Waals surface area contributed by atoms with Gasteiger partial charge in [-0.2, -0.15) is 0 Å². The molecule has 0 saturated carbocycles. The molecule has 2 aromatic rings. The highest BCUT2D eigenvalue weighted by Gasteiger charge is 2.36. The van der Waals surface area contributed by atoms with Gasteiger partial charge in [0.2, 0.25) is 5.91 Å². The van der Waals surface area contributed by atoms with Crippen LogP contribution in [0.5, 0.6) is 0 Å². The van der Waals surface area contributed by atoms with Crippen LogP contribution in [0, 0.1) is 24.0 Å². The molecule has 0 aromatic heterocycles. The lowest BCUT2D eigenvalue weighted by Crippen LogP contribution is -2.36. The average Bonchev–Trinajstić information content (AvgIpc) is 2.92. The molecule has 3 amide bonds. The number of nitrogens with one attached hydrogen (secondary N) is 1. The summed E-state index contributed by atoms with van der Waals surface area (Å²) in [4.78, 5) is 48.5. The number of aryl methyl sites for hydroxylation is 2. The highest BCUT2D eigenvalue weighted by Crippen LogP contribution is 2.33. The molecule has 9 heteroatoms. The van der Waals surface area contributed by atoms with E-state index in [2.05, 4.69) is 5.32 Å². The molecule has 29 heavy (non-hydrogen) atoms. The number of nitrogens with zero attached hydrogens (tertiary/aromatic N) is 2. The molecule has 1 saturated heterocycles. The third-order valence-electron chi connectivity index (χ3n) is 4.39. The Morgan fingerprint density at radius 1 is 1.17 bits per heavy atom. The molecule has 1 N–H and O–H groups in total. The normalized spacial score (nSPS) is 15.1. The second-order valence-corrected chi connectivity index (χ2v) is 7.42. The standard InChI is InChI=1S/C20H17N3O5S/c1-12-7-8-15(9-13(12)2)21-18(24)11-22-19(25)17(29-20(22)26)10-14-5-3-4-6-16(14)23(27)28/h3-10H,11H2,1-2H3,(H,21,24)/b17-10-. The second kappa shape index (κ2) is 8.27. The molecule has 1 heterocycles. The Balaban J connectivity index is 1.74. The SMILES string of the molecule is Cc1ccc(NC(=O)CN2C(=O)S/C(=C\c3ccccc3[N+](=O)[O-])C2=O)cc1C. The molecule has 1 aliphatic heterocycles. The van der Waals surface area contributed by atoms with Gasteiger partial charge in [0.1, 0.15) is 6.54 Å². The summed E-state index contributed by atoms with van der Waals surface area (Å²) < 4.78 is 0. The summed E-state index contributed by atoms with van der Waals surface area (Å²) in [5.41, 5.74) is 2.69. The lowest BCUT2D eigenvalue weighted by Gasteiger charge is -2.13. The van der Waals surface area contributed by atoms with Crippen LogP contribution in [0.15, 0.2) is 47.4 Å². The van der Waals surface area contributed by atoms with E-state index in [4.69, 9.17) is 0 Å². The summed E-state index contributed by atoms with van der Waals surface area (Å²) in [5, 5.41) is 13.2. The molecule has 2 aromatic carbocycles. The predicted octanol–water partition coefficient (Wildman–Crippen LogP) is 3.89. The van der Waals surface area contributed by atoms with Crippen LogP contribution in [0.1, 0.15) is 16.7 Å². The third-order valence-corrected chi connectivity index (χ3v) is 5.29. The first kappa shape index (κ1) is 20.3. The molecule has 0 bridgehead atoms. The van der Waals surface area contributed by atoms with E-state index in [1.54, 1.807) is 18.2 Å². The molecule has 0 spiro atoms. The van der Waals surface area contributed by atoms with E-state index < -0.39 is 28.5 Å². The predicted molar refractivity (Wildman–Crippen MR) is 110 cm³/mol. The molecule has 0 radical (unpaired) electrons. The molecule has 1 aliphatic rings. The Morgan fingerprint density at radius 3 is 2.59 bits per heavy atom. The maximum absolute atomic E-state index is 12.6. The summed E-state index contributed by atoms with van der Waals surface area (Å²) in [6, 6.07) is 11.3. The Bertz CT molecular complexity index is 1060. The van der Waals surface area contributed by atoms with Crippen LogP contribution in [-0.2, 0) is 9.59 Å². The van der Waals surface area contributed by atoms with Crippen molar-refractivity contribution in [1.29, 1.82) is 0 Å². The van der Waals surface area contributed by atoms with Crippen molar-refractivity contribution in [3.63, 3.8) is 0 Å². The number of rotatable bonds is 5. The van der Waals surface area contributed by atoms with Crippen molar-refractivity contribution >= 4 is 46.3 Å². The van der Waals surface area contributed by atoms with Gasteiger partial charge in [-0.3, -0.25) is 29.4 Å². The molecule has 0 unspecified atom stereocenters. The van der Waals surface area contributed by atoms with E-state index in [1.807, 2.05) is 19.9 Å². The third kappa shape index (κ3) is 4.52. The van der Waals surface area contributed by atoms with Gasteiger partial charge in [0.05, 0.1) is 15.4 Å². The largest absolute Gasteiger partial charge is 0.325 e. The lowest BCUT2D eigenvalue weighted by atomic mass is 10.1. The number of para-hydroxylation sites is 1. The van der Waals surface area contributed by atoms with Crippen molar-refractivity contribution in [3.05, 3.63) is 74.2 Å². The number of nitro benzene ring substituents is 1. The second-order valence-electron chi connectivity index (χ2n) is 6.43. The first-order chi connectivity index (χ1) is 13.8. The van der Waals surface area contributed by atoms with Crippen LogP contribution in [0.3, 0.4) is 0 Å². The molecular formula is C20H17N3O5S. The van der Waals surface area contributed by atoms with Gasteiger partial charge >= 0.3 is 0 Å². The molecule has 148 valence electrons. The number of hydrogen-bond acceptors (Lipinski definition) is 6. The fourth-order valence-electron chi connectivity index (χ4n) is 2.72. The van der Waals surface area contributed by atoms with Crippen molar-refractivity contribution in [2.45, 2.75) is 13.8 Å². The van der Waals surface area contributed by atoms with E-state index in [9.17, 15) is 24.5 Å². The van der Waals surface area contributed by atoms with Crippen molar-refractivity contribution in [2.24, 2.45) is 0 Å². The zero-order valence-corrected chi connectivity index (χ0v) is 16.5. The van der Waals surface area contributed by atoms with Gasteiger partial charge in [0.25, 0.3) is 16.8 Å². The number of anilines is 1. The molecule has 0 aliphatic carbocycles. The van der Waals surface area contributed by atoms with E-state index >= 15 is 0 Å². The Morgan fingerprint density at radius 2 is 1.90 bits per heavy atom. The van der Waals surface area contributed by atoms with Gasteiger partial charge in [-0.15, -0.1) is 0 Å². The summed E-state index contributed by atoms with van der Waals surface area (Å²) >= 11 is 0.646. The van der Waals surface area contributed by atoms with Crippen LogP contribution < -0.4 is 5.32 Å². The van der Waals surface area contributed by atoms with Gasteiger partial charge in [-0.05, 0) is 61.0 Å². The number of nitro groups is 1. The minimum absolute atomic E-state index is 0.0308. The number of imide groups is 1. The van der Waals surface area contributed by atoms with Crippen LogP contribution >= 0.6 is 11.8 Å². The highest BCUT2D eigenvalue weighted by atomic mass is 32.2. The number of thioether (sulfide) groups is 1. The number of amides is 3. The van der Waals surface area contributed by atoms with Gasteiger partial charge in [0, 0.05) is 11.8 Å². The monoisotopic (exact) mass is 411 g/mol. The van der Waals surface area contributed by atoms with Crippen molar-refractivity contribution in [3.8, 4) is 0 Å². The number of carbonyl (C=O) groups excluding carboxylic acids is 3. The first-order valence-electron chi connectivity index (χ1n) is 8.62. The minimum Gasteiger partial charge on any atom is -0.325 e. The zero-order chi connectivity index (χ0) is 21.1. The van der Waals surface area contributed by atoms with Crippen LogP contribution in [0.4, 0.5) is 16.2 Å².